The van der Waals surface area contributed by atoms with Crippen LogP contribution >= 0.6 is 22.9 Å². The molecule has 0 aliphatic heterocycles. The fourth-order valence-electron chi connectivity index (χ4n) is 1.89. The predicted molar refractivity (Wildman–Crippen MR) is 131 cm³/mol. The van der Waals surface area contributed by atoms with Crippen LogP contribution in [0.25, 0.3) is 0 Å². The van der Waals surface area contributed by atoms with Crippen molar-refractivity contribution < 1.29 is 4.79 Å². The monoisotopic (exact) mass is 447 g/mol. The van der Waals surface area contributed by atoms with E-state index in [1.807, 2.05) is 26.0 Å². The molecule has 0 radical (unpaired) electrons. The number of aromatic nitrogens is 1. The standard InChI is InChI=1S/C17H18ClN5OS.C5H12/c1-5-14(21-11(3)19-4)22-17-20-9-13(25-17)16(24)23-15-10(2)7-6-8-12(15)18;1-4-5(2)3/h5-9H,4H2,1-3H3,(H,20,22)(H,23,24);5H,4H2,1-3H3/b14-5+,21-11-;. The summed E-state index contributed by atoms with van der Waals surface area (Å²) in [5, 5.41) is 6.91. The number of rotatable bonds is 6. The lowest BCUT2D eigenvalue weighted by molar-refractivity contribution is 0.103. The van der Waals surface area contributed by atoms with E-state index in [1.165, 1.54) is 24.0 Å². The Morgan fingerprint density at radius 2 is 2.03 bits per heavy atom. The number of benzene rings is 1. The van der Waals surface area contributed by atoms with E-state index in [2.05, 4.69) is 53.1 Å². The van der Waals surface area contributed by atoms with Gasteiger partial charge in [0.15, 0.2) is 5.13 Å². The number of aryl methyl sites for hydroxylation is 1. The molecule has 0 saturated heterocycles. The molecule has 0 fully saturated rings. The highest BCUT2D eigenvalue weighted by atomic mass is 35.5. The number of aliphatic imine (C=N–C) groups is 2. The number of amidine groups is 1. The number of amides is 1. The van der Waals surface area contributed by atoms with Crippen molar-refractivity contribution in [2.45, 2.75) is 48.0 Å². The second-order valence-corrected chi connectivity index (χ2v) is 8.27. The third kappa shape index (κ3) is 8.47. The topological polar surface area (TPSA) is 78.7 Å². The maximum absolute atomic E-state index is 12.4. The fourth-order valence-corrected chi connectivity index (χ4v) is 2.87. The lowest BCUT2D eigenvalue weighted by atomic mass is 10.2. The Morgan fingerprint density at radius 1 is 1.37 bits per heavy atom. The Bertz CT molecular complexity index is 898. The highest BCUT2D eigenvalue weighted by Gasteiger charge is 2.14. The molecule has 6 nitrogen and oxygen atoms in total. The van der Waals surface area contributed by atoms with Gasteiger partial charge >= 0.3 is 0 Å². The van der Waals surface area contributed by atoms with Crippen molar-refractivity contribution in [1.29, 1.82) is 0 Å². The molecule has 8 heteroatoms. The quantitative estimate of drug-likeness (QED) is 0.377. The first-order chi connectivity index (χ1) is 14.2. The number of hydrogen-bond donors (Lipinski definition) is 2. The van der Waals surface area contributed by atoms with Gasteiger partial charge in [-0.05, 0) is 51.1 Å². The third-order valence-corrected chi connectivity index (χ3v) is 5.25. The Labute approximate surface area is 188 Å². The van der Waals surface area contributed by atoms with Crippen LogP contribution in [0.5, 0.6) is 0 Å². The van der Waals surface area contributed by atoms with Gasteiger partial charge < -0.3 is 10.6 Å². The second kappa shape index (κ2) is 12.9. The zero-order valence-electron chi connectivity index (χ0n) is 18.4. The number of nitrogens with zero attached hydrogens (tertiary/aromatic N) is 3. The second-order valence-electron chi connectivity index (χ2n) is 6.83. The van der Waals surface area contributed by atoms with Crippen LogP contribution in [0.4, 0.5) is 10.8 Å². The van der Waals surface area contributed by atoms with Crippen LogP contribution in [-0.2, 0) is 0 Å². The minimum Gasteiger partial charge on any atom is -0.320 e. The van der Waals surface area contributed by atoms with E-state index in [0.29, 0.717) is 32.4 Å². The zero-order valence-corrected chi connectivity index (χ0v) is 20.0. The van der Waals surface area contributed by atoms with Crippen LogP contribution in [0, 0.1) is 12.8 Å². The van der Waals surface area contributed by atoms with E-state index in [4.69, 9.17) is 11.6 Å². The van der Waals surface area contributed by atoms with Crippen molar-refractivity contribution in [2.75, 3.05) is 10.6 Å². The van der Waals surface area contributed by atoms with E-state index >= 15 is 0 Å². The van der Waals surface area contributed by atoms with Gasteiger partial charge in [0.05, 0.1) is 16.9 Å². The summed E-state index contributed by atoms with van der Waals surface area (Å²) in [6.45, 7) is 15.5. The van der Waals surface area contributed by atoms with Gasteiger partial charge in [0.1, 0.15) is 16.5 Å². The average Bonchev–Trinajstić information content (AvgIpc) is 3.19. The van der Waals surface area contributed by atoms with Gasteiger partial charge in [0.25, 0.3) is 5.91 Å². The van der Waals surface area contributed by atoms with Gasteiger partial charge in [-0.1, -0.05) is 62.3 Å². The van der Waals surface area contributed by atoms with E-state index in [0.717, 1.165) is 11.5 Å². The Morgan fingerprint density at radius 3 is 2.57 bits per heavy atom. The number of nitrogens with one attached hydrogen (secondary N) is 2. The minimum atomic E-state index is -0.267. The normalized spacial score (nSPS) is 11.6. The van der Waals surface area contributed by atoms with Crippen molar-refractivity contribution in [2.24, 2.45) is 15.9 Å². The molecule has 0 aliphatic rings. The smallest absolute Gasteiger partial charge is 0.267 e. The number of carbonyl (C=O) groups excluding carboxylic acids is 1. The summed E-state index contributed by atoms with van der Waals surface area (Å²) in [7, 11) is 0. The summed E-state index contributed by atoms with van der Waals surface area (Å²) in [6.07, 6.45) is 4.59. The lowest BCUT2D eigenvalue weighted by Gasteiger charge is -2.08. The Kier molecular flexibility index (Phi) is 11.0. The molecule has 1 aromatic carbocycles. The number of halogens is 1. The molecular weight excluding hydrogens is 418 g/mol. The minimum absolute atomic E-state index is 0.267. The van der Waals surface area contributed by atoms with Crippen molar-refractivity contribution >= 4 is 52.2 Å². The first-order valence-corrected chi connectivity index (χ1v) is 10.9. The highest BCUT2D eigenvalue weighted by molar-refractivity contribution is 7.17. The van der Waals surface area contributed by atoms with Crippen LogP contribution < -0.4 is 10.6 Å². The predicted octanol–water partition coefficient (Wildman–Crippen LogP) is 6.80. The van der Waals surface area contributed by atoms with Gasteiger partial charge in [-0.15, -0.1) is 0 Å². The maximum atomic E-state index is 12.4. The number of hydrogen-bond acceptors (Lipinski definition) is 5. The van der Waals surface area contributed by atoms with Gasteiger partial charge in [-0.25, -0.2) is 15.0 Å². The highest BCUT2D eigenvalue weighted by Crippen LogP contribution is 2.27. The van der Waals surface area contributed by atoms with E-state index < -0.39 is 0 Å². The van der Waals surface area contributed by atoms with Gasteiger partial charge in [-0.2, -0.15) is 0 Å². The molecule has 1 amide bonds. The van der Waals surface area contributed by atoms with Gasteiger partial charge in [-0.3, -0.25) is 4.79 Å². The van der Waals surface area contributed by atoms with Crippen molar-refractivity contribution in [1.82, 2.24) is 4.98 Å². The number of thiazole rings is 1. The molecule has 2 N–H and O–H groups in total. The van der Waals surface area contributed by atoms with E-state index in [9.17, 15) is 4.79 Å². The Balaban J connectivity index is 0.000000804. The lowest BCUT2D eigenvalue weighted by Crippen LogP contribution is -2.11. The third-order valence-electron chi connectivity index (χ3n) is 4.03. The van der Waals surface area contributed by atoms with Crippen LogP contribution in [0.1, 0.15) is 56.3 Å². The fraction of sp³-hybridized carbons (Fsp3) is 0.364. The average molecular weight is 448 g/mol. The van der Waals surface area contributed by atoms with Crippen molar-refractivity contribution in [3.63, 3.8) is 0 Å². The summed E-state index contributed by atoms with van der Waals surface area (Å²) >= 11 is 7.36. The molecular formula is C22H30ClN5OS. The molecule has 1 aromatic heterocycles. The molecule has 0 aliphatic carbocycles. The molecule has 1 heterocycles. The number of carbonyl (C=O) groups is 1. The summed E-state index contributed by atoms with van der Waals surface area (Å²) in [5.41, 5.74) is 1.49. The maximum Gasteiger partial charge on any atom is 0.267 e. The molecule has 162 valence electrons. The van der Waals surface area contributed by atoms with Gasteiger partial charge in [0, 0.05) is 0 Å². The van der Waals surface area contributed by atoms with Crippen LogP contribution in [0.15, 0.2) is 46.3 Å². The zero-order chi connectivity index (χ0) is 22.7. The SMILES string of the molecule is C=N/C(C)=N\C(=C/C)Nc1ncc(C(=O)Nc2c(C)cccc2Cl)s1.CCC(C)C. The van der Waals surface area contributed by atoms with Crippen LogP contribution in [0.3, 0.4) is 0 Å². The summed E-state index contributed by atoms with van der Waals surface area (Å²) in [4.78, 5) is 25.1. The number of anilines is 2. The van der Waals surface area contributed by atoms with E-state index in [-0.39, 0.29) is 5.91 Å². The molecule has 0 unspecified atom stereocenters. The van der Waals surface area contributed by atoms with Crippen LogP contribution in [-0.4, -0.2) is 23.4 Å². The molecule has 0 saturated carbocycles. The molecule has 0 atom stereocenters. The molecule has 2 rings (SSSR count). The Hall–Kier alpha value is -2.51. The van der Waals surface area contributed by atoms with Crippen molar-refractivity contribution in [3.05, 3.63) is 51.8 Å². The first kappa shape index (κ1) is 25.5. The molecule has 30 heavy (non-hydrogen) atoms. The summed E-state index contributed by atoms with van der Waals surface area (Å²) in [5.74, 6) is 1.73. The summed E-state index contributed by atoms with van der Waals surface area (Å²) < 4.78 is 0. The largest absolute Gasteiger partial charge is 0.320 e. The molecule has 0 bridgehead atoms. The summed E-state index contributed by atoms with van der Waals surface area (Å²) in [6, 6.07) is 5.45. The van der Waals surface area contributed by atoms with Crippen LogP contribution in [0.2, 0.25) is 5.02 Å². The van der Waals surface area contributed by atoms with Gasteiger partial charge in [0.2, 0.25) is 0 Å². The number of para-hydroxylation sites is 1. The first-order valence-electron chi connectivity index (χ1n) is 9.69. The van der Waals surface area contributed by atoms with Crippen molar-refractivity contribution in [3.8, 4) is 0 Å². The molecule has 2 aromatic rings. The number of allylic oxidation sites excluding steroid dienone is 1. The van der Waals surface area contributed by atoms with E-state index in [1.54, 1.807) is 19.1 Å². The molecule has 0 spiro atoms.